The summed E-state index contributed by atoms with van der Waals surface area (Å²) in [7, 11) is -1.09. The Bertz CT molecular complexity index is 466. The molecule has 0 heterocycles. The van der Waals surface area contributed by atoms with Gasteiger partial charge in [-0.3, -0.25) is 0 Å². The van der Waals surface area contributed by atoms with Crippen LogP contribution in [-0.4, -0.2) is 35.1 Å². The molecule has 5 heteroatoms. The molecule has 0 spiro atoms. The van der Waals surface area contributed by atoms with Crippen molar-refractivity contribution in [1.82, 2.24) is 0 Å². The van der Waals surface area contributed by atoms with E-state index in [9.17, 15) is 10.1 Å². The third kappa shape index (κ3) is 4.73. The van der Waals surface area contributed by atoms with Crippen molar-refractivity contribution >= 4 is 12.6 Å². The Hall–Kier alpha value is -1.04. The van der Waals surface area contributed by atoms with Gasteiger partial charge in [0, 0.05) is 0 Å². The normalized spacial score (nSPS) is 12.4. The van der Waals surface area contributed by atoms with Crippen LogP contribution in [0.5, 0.6) is 5.75 Å². The minimum atomic E-state index is -1.09. The second kappa shape index (κ2) is 6.82. The van der Waals surface area contributed by atoms with Gasteiger partial charge in [0.05, 0.1) is 17.8 Å². The summed E-state index contributed by atoms with van der Waals surface area (Å²) in [5, 5.41) is 20.4. The molecule has 118 valence electrons. The molecule has 21 heavy (non-hydrogen) atoms. The zero-order chi connectivity index (χ0) is 16.3. The van der Waals surface area contributed by atoms with E-state index in [2.05, 4.69) is 6.92 Å². The number of hydrogen-bond acceptors (Lipinski definition) is 4. The lowest BCUT2D eigenvalue weighted by Gasteiger charge is -2.38. The van der Waals surface area contributed by atoms with Crippen LogP contribution in [0.1, 0.15) is 46.6 Å². The van der Waals surface area contributed by atoms with Gasteiger partial charge in [-0.2, -0.15) is 0 Å². The van der Waals surface area contributed by atoms with Crippen molar-refractivity contribution in [2.45, 2.75) is 59.2 Å². The summed E-state index contributed by atoms with van der Waals surface area (Å²) >= 11 is 0. The Kier molecular flexibility index (Phi) is 5.85. The molecular weight excluding hydrogens is 267 g/mol. The molecule has 2 N–H and O–H groups in total. The quantitative estimate of drug-likeness (QED) is 0.756. The molecule has 0 aliphatic rings. The summed E-state index contributed by atoms with van der Waals surface area (Å²) in [4.78, 5) is 0. The molecule has 0 aliphatic carbocycles. The van der Waals surface area contributed by atoms with Crippen molar-refractivity contribution in [3.05, 3.63) is 23.8 Å². The minimum absolute atomic E-state index is 0.670. The molecule has 0 unspecified atom stereocenters. The first-order valence-corrected chi connectivity index (χ1v) is 7.40. The van der Waals surface area contributed by atoms with Gasteiger partial charge >= 0.3 is 7.12 Å². The molecule has 4 nitrogen and oxygen atoms in total. The predicted octanol–water partition coefficient (Wildman–Crippen LogP) is 2.04. The van der Waals surface area contributed by atoms with Crippen LogP contribution in [0.4, 0.5) is 0 Å². The molecule has 0 atom stereocenters. The van der Waals surface area contributed by atoms with Crippen LogP contribution in [0.2, 0.25) is 0 Å². The first-order chi connectivity index (χ1) is 9.58. The average molecular weight is 294 g/mol. The van der Waals surface area contributed by atoms with Gasteiger partial charge in [-0.05, 0) is 64.2 Å². The van der Waals surface area contributed by atoms with Crippen LogP contribution >= 0.6 is 0 Å². The number of ether oxygens (including phenoxy) is 1. The highest BCUT2D eigenvalue weighted by molar-refractivity contribution is 6.60. The van der Waals surface area contributed by atoms with Crippen molar-refractivity contribution < 1.29 is 19.5 Å². The fourth-order valence-corrected chi connectivity index (χ4v) is 1.72. The summed E-state index contributed by atoms with van der Waals surface area (Å²) in [6.07, 6.45) is 0.951. The standard InChI is InChI=1S/C16H27BO4/c1-7-10-20-13-8-9-14(12(2)11-13)17(19)21-16(5,6)15(3,4)18/h8-9,11,18-19H,7,10H2,1-6H3. The van der Waals surface area contributed by atoms with Gasteiger partial charge in [0.15, 0.2) is 0 Å². The maximum Gasteiger partial charge on any atom is 0.491 e. The zero-order valence-electron chi connectivity index (χ0n) is 13.9. The van der Waals surface area contributed by atoms with Crippen LogP contribution in [-0.2, 0) is 4.65 Å². The van der Waals surface area contributed by atoms with Crippen LogP contribution in [0, 0.1) is 6.92 Å². The van der Waals surface area contributed by atoms with E-state index in [0.717, 1.165) is 17.7 Å². The lowest BCUT2D eigenvalue weighted by Crippen LogP contribution is -2.53. The molecule has 0 saturated heterocycles. The smallest absolute Gasteiger partial charge is 0.491 e. The molecule has 0 amide bonds. The summed E-state index contributed by atoms with van der Waals surface area (Å²) in [6.45, 7) is 11.5. The van der Waals surface area contributed by atoms with Gasteiger partial charge in [-0.25, -0.2) is 0 Å². The SMILES string of the molecule is CCCOc1ccc(B(O)OC(C)(C)C(C)(C)O)c(C)c1. The summed E-state index contributed by atoms with van der Waals surface area (Å²) in [5.41, 5.74) is -0.374. The van der Waals surface area contributed by atoms with Gasteiger partial charge in [-0.15, -0.1) is 0 Å². The maximum atomic E-state index is 10.3. The monoisotopic (exact) mass is 294 g/mol. The largest absolute Gasteiger partial charge is 0.494 e. The zero-order valence-corrected chi connectivity index (χ0v) is 13.9. The van der Waals surface area contributed by atoms with Crippen molar-refractivity contribution in [3.8, 4) is 5.75 Å². The lowest BCUT2D eigenvalue weighted by atomic mass is 9.74. The molecule has 0 bridgehead atoms. The second-order valence-corrected chi connectivity index (χ2v) is 6.41. The predicted molar refractivity (Wildman–Crippen MR) is 86.0 cm³/mol. The molecule has 1 aromatic carbocycles. The van der Waals surface area contributed by atoms with Gasteiger partial charge in [0.1, 0.15) is 5.75 Å². The highest BCUT2D eigenvalue weighted by Crippen LogP contribution is 2.25. The van der Waals surface area contributed by atoms with Crippen molar-refractivity contribution in [2.24, 2.45) is 0 Å². The molecule has 0 aliphatic heterocycles. The fraction of sp³-hybridized carbons (Fsp3) is 0.625. The fourth-order valence-electron chi connectivity index (χ4n) is 1.72. The van der Waals surface area contributed by atoms with Crippen LogP contribution < -0.4 is 10.2 Å². The van der Waals surface area contributed by atoms with E-state index in [-0.39, 0.29) is 0 Å². The van der Waals surface area contributed by atoms with E-state index in [1.165, 1.54) is 0 Å². The highest BCUT2D eigenvalue weighted by atomic mass is 16.5. The minimum Gasteiger partial charge on any atom is -0.494 e. The molecule has 0 aromatic heterocycles. The maximum absolute atomic E-state index is 10.3. The molecule has 0 fully saturated rings. The van der Waals surface area contributed by atoms with E-state index in [4.69, 9.17) is 9.39 Å². The third-order valence-corrected chi connectivity index (χ3v) is 3.86. The Balaban J connectivity index is 2.86. The first-order valence-electron chi connectivity index (χ1n) is 7.40. The molecule has 0 saturated carbocycles. The second-order valence-electron chi connectivity index (χ2n) is 6.41. The van der Waals surface area contributed by atoms with Crippen LogP contribution in [0.15, 0.2) is 18.2 Å². The number of aliphatic hydroxyl groups is 1. The van der Waals surface area contributed by atoms with Crippen molar-refractivity contribution in [2.75, 3.05) is 6.61 Å². The number of hydrogen-bond donors (Lipinski definition) is 2. The lowest BCUT2D eigenvalue weighted by molar-refractivity contribution is -0.0982. The topological polar surface area (TPSA) is 58.9 Å². The third-order valence-electron chi connectivity index (χ3n) is 3.86. The molecule has 1 aromatic rings. The van der Waals surface area contributed by atoms with Crippen molar-refractivity contribution in [3.63, 3.8) is 0 Å². The summed E-state index contributed by atoms with van der Waals surface area (Å²) < 4.78 is 11.2. The Morgan fingerprint density at radius 1 is 1.19 bits per heavy atom. The Morgan fingerprint density at radius 2 is 1.81 bits per heavy atom. The molecule has 0 radical (unpaired) electrons. The van der Waals surface area contributed by atoms with Crippen LogP contribution in [0.3, 0.4) is 0 Å². The Labute approximate surface area is 128 Å². The van der Waals surface area contributed by atoms with Gasteiger partial charge in [-0.1, -0.05) is 13.0 Å². The molecule has 1 rings (SSSR count). The van der Waals surface area contributed by atoms with E-state index < -0.39 is 18.3 Å². The van der Waals surface area contributed by atoms with E-state index in [1.54, 1.807) is 33.8 Å². The van der Waals surface area contributed by atoms with Crippen molar-refractivity contribution in [1.29, 1.82) is 0 Å². The Morgan fingerprint density at radius 3 is 2.29 bits per heavy atom. The number of benzene rings is 1. The number of aryl methyl sites for hydroxylation is 1. The van der Waals surface area contributed by atoms with Crippen LogP contribution in [0.25, 0.3) is 0 Å². The van der Waals surface area contributed by atoms with E-state index >= 15 is 0 Å². The van der Waals surface area contributed by atoms with Gasteiger partial charge in [0.25, 0.3) is 0 Å². The first kappa shape index (κ1) is 18.0. The van der Waals surface area contributed by atoms with Gasteiger partial charge < -0.3 is 19.5 Å². The van der Waals surface area contributed by atoms with Gasteiger partial charge in [0.2, 0.25) is 0 Å². The highest BCUT2D eigenvalue weighted by Gasteiger charge is 2.39. The van der Waals surface area contributed by atoms with E-state index in [0.29, 0.717) is 12.1 Å². The molecular formula is C16H27BO4. The summed E-state index contributed by atoms with van der Waals surface area (Å²) in [5.74, 6) is 0.784. The number of rotatable bonds is 7. The summed E-state index contributed by atoms with van der Waals surface area (Å²) in [6, 6.07) is 5.50. The van der Waals surface area contributed by atoms with E-state index in [1.807, 2.05) is 19.1 Å². The average Bonchev–Trinajstić information content (AvgIpc) is 2.34.